The molecule has 98 valence electrons. The molecule has 2 heterocycles. The highest BCUT2D eigenvalue weighted by Crippen LogP contribution is 2.29. The summed E-state index contributed by atoms with van der Waals surface area (Å²) in [5, 5.41) is 0.831. The van der Waals surface area contributed by atoms with Gasteiger partial charge in [-0.05, 0) is 18.6 Å². The number of aliphatic imine (C=N–C) groups is 1. The van der Waals surface area contributed by atoms with E-state index in [4.69, 9.17) is 4.74 Å². The van der Waals surface area contributed by atoms with Crippen LogP contribution < -0.4 is 4.74 Å². The van der Waals surface area contributed by atoms with E-state index in [0.717, 1.165) is 35.2 Å². The van der Waals surface area contributed by atoms with Gasteiger partial charge in [-0.15, -0.1) is 0 Å². The summed E-state index contributed by atoms with van der Waals surface area (Å²) in [5.41, 5.74) is 1.37. The van der Waals surface area contributed by atoms with Crippen LogP contribution in [0.5, 0.6) is 5.75 Å². The number of amides is 1. The monoisotopic (exact) mass is 274 g/mol. The van der Waals surface area contributed by atoms with Crippen LogP contribution in [0.4, 0.5) is 0 Å². The lowest BCUT2D eigenvalue weighted by molar-refractivity contribution is -0.122. The Labute approximate surface area is 116 Å². The molecule has 4 nitrogen and oxygen atoms in total. The zero-order valence-electron chi connectivity index (χ0n) is 10.6. The van der Waals surface area contributed by atoms with Gasteiger partial charge in [0.1, 0.15) is 11.4 Å². The fourth-order valence-corrected chi connectivity index (χ4v) is 3.11. The Morgan fingerprint density at radius 3 is 3.05 bits per heavy atom. The van der Waals surface area contributed by atoms with Gasteiger partial charge in [-0.1, -0.05) is 30.0 Å². The number of methoxy groups -OCH3 is 1. The molecule has 0 aliphatic carbocycles. The second-order valence-corrected chi connectivity index (χ2v) is 5.39. The van der Waals surface area contributed by atoms with Crippen LogP contribution in [0.25, 0.3) is 6.08 Å². The number of carbonyl (C=O) groups excluding carboxylic acids is 1. The topological polar surface area (TPSA) is 41.9 Å². The van der Waals surface area contributed by atoms with Crippen molar-refractivity contribution >= 4 is 28.9 Å². The van der Waals surface area contributed by atoms with Gasteiger partial charge in [-0.2, -0.15) is 0 Å². The van der Waals surface area contributed by atoms with E-state index in [2.05, 4.69) is 4.99 Å². The molecule has 0 saturated carbocycles. The average Bonchev–Trinajstić information content (AvgIpc) is 2.77. The number of amidine groups is 1. The summed E-state index contributed by atoms with van der Waals surface area (Å²) in [7, 11) is 1.62. The maximum atomic E-state index is 12.2. The molecule has 19 heavy (non-hydrogen) atoms. The van der Waals surface area contributed by atoms with E-state index >= 15 is 0 Å². The number of benzene rings is 1. The summed E-state index contributed by atoms with van der Waals surface area (Å²) in [4.78, 5) is 18.4. The molecule has 1 aromatic rings. The molecular weight excluding hydrogens is 260 g/mol. The molecule has 0 atom stereocenters. The number of ether oxygens (including phenoxy) is 1. The van der Waals surface area contributed by atoms with E-state index in [1.165, 1.54) is 0 Å². The standard InChI is InChI=1S/C14H14N2O2S/c1-18-12-6-3-2-5-10(12)9-11-13(17)16-7-4-8-19-14(16)15-11/h2-3,5-6,9H,4,7-8H2,1H3/b11-9+. The predicted octanol–water partition coefficient (Wildman–Crippen LogP) is 2.37. The van der Waals surface area contributed by atoms with Crippen molar-refractivity contribution in [3.05, 3.63) is 35.5 Å². The van der Waals surface area contributed by atoms with Gasteiger partial charge in [0.15, 0.2) is 5.17 Å². The first kappa shape index (κ1) is 12.3. The van der Waals surface area contributed by atoms with Crippen LogP contribution in [0.15, 0.2) is 35.0 Å². The first-order valence-corrected chi connectivity index (χ1v) is 7.16. The van der Waals surface area contributed by atoms with Crippen molar-refractivity contribution in [2.75, 3.05) is 19.4 Å². The zero-order valence-corrected chi connectivity index (χ0v) is 11.4. The zero-order chi connectivity index (χ0) is 13.2. The number of hydrogen-bond acceptors (Lipinski definition) is 4. The van der Waals surface area contributed by atoms with Crippen molar-refractivity contribution < 1.29 is 9.53 Å². The minimum atomic E-state index is -0.00638. The van der Waals surface area contributed by atoms with Gasteiger partial charge in [-0.3, -0.25) is 9.69 Å². The van der Waals surface area contributed by atoms with Crippen LogP contribution in [0.3, 0.4) is 0 Å². The van der Waals surface area contributed by atoms with E-state index < -0.39 is 0 Å². The Morgan fingerprint density at radius 1 is 1.42 bits per heavy atom. The number of para-hydroxylation sites is 1. The molecule has 1 aromatic carbocycles. The third-order valence-electron chi connectivity index (χ3n) is 3.10. The third kappa shape index (κ3) is 2.26. The number of thioether (sulfide) groups is 1. The lowest BCUT2D eigenvalue weighted by Gasteiger charge is -2.21. The summed E-state index contributed by atoms with van der Waals surface area (Å²) in [6.45, 7) is 0.772. The molecule has 0 bridgehead atoms. The SMILES string of the molecule is COc1ccccc1/C=C1/N=C2SCCCN2C1=O. The summed E-state index contributed by atoms with van der Waals surface area (Å²) < 4.78 is 5.29. The average molecular weight is 274 g/mol. The highest BCUT2D eigenvalue weighted by Gasteiger charge is 2.32. The van der Waals surface area contributed by atoms with Crippen LogP contribution in [-0.2, 0) is 4.79 Å². The van der Waals surface area contributed by atoms with E-state index in [0.29, 0.717) is 5.70 Å². The lowest BCUT2D eigenvalue weighted by Crippen LogP contribution is -2.34. The Balaban J connectivity index is 1.96. The fourth-order valence-electron chi connectivity index (χ4n) is 2.16. The van der Waals surface area contributed by atoms with Gasteiger partial charge < -0.3 is 4.74 Å². The molecule has 2 aliphatic heterocycles. The summed E-state index contributed by atoms with van der Waals surface area (Å²) in [5.74, 6) is 1.78. The minimum absolute atomic E-state index is 0.00638. The molecular formula is C14H14N2O2S. The molecule has 5 heteroatoms. The van der Waals surface area contributed by atoms with Crippen molar-refractivity contribution in [2.24, 2.45) is 4.99 Å². The molecule has 1 saturated heterocycles. The fraction of sp³-hybridized carbons (Fsp3) is 0.286. The molecule has 0 aromatic heterocycles. The Morgan fingerprint density at radius 2 is 2.26 bits per heavy atom. The lowest BCUT2D eigenvalue weighted by atomic mass is 10.1. The van der Waals surface area contributed by atoms with Gasteiger partial charge in [0.25, 0.3) is 5.91 Å². The van der Waals surface area contributed by atoms with Gasteiger partial charge in [0.2, 0.25) is 0 Å². The Bertz CT molecular complexity index is 581. The van der Waals surface area contributed by atoms with Crippen LogP contribution in [0.1, 0.15) is 12.0 Å². The summed E-state index contributed by atoms with van der Waals surface area (Å²) in [6, 6.07) is 7.62. The van der Waals surface area contributed by atoms with Gasteiger partial charge in [0, 0.05) is 17.9 Å². The second-order valence-electron chi connectivity index (χ2n) is 4.32. The number of nitrogens with zero attached hydrogens (tertiary/aromatic N) is 2. The molecule has 3 rings (SSSR count). The van der Waals surface area contributed by atoms with E-state index in [-0.39, 0.29) is 5.91 Å². The number of hydrogen-bond donors (Lipinski definition) is 0. The van der Waals surface area contributed by atoms with Crippen molar-refractivity contribution in [1.29, 1.82) is 0 Å². The maximum Gasteiger partial charge on any atom is 0.278 e. The molecule has 2 aliphatic rings. The first-order chi connectivity index (χ1) is 9.29. The van der Waals surface area contributed by atoms with Crippen molar-refractivity contribution in [3.63, 3.8) is 0 Å². The highest BCUT2D eigenvalue weighted by molar-refractivity contribution is 8.13. The van der Waals surface area contributed by atoms with Crippen molar-refractivity contribution in [3.8, 4) is 5.75 Å². The number of carbonyl (C=O) groups is 1. The van der Waals surface area contributed by atoms with Crippen LogP contribution in [0, 0.1) is 0 Å². The molecule has 0 N–H and O–H groups in total. The van der Waals surface area contributed by atoms with Crippen molar-refractivity contribution in [1.82, 2.24) is 4.90 Å². The number of fused-ring (bicyclic) bond motifs is 1. The molecule has 1 fully saturated rings. The van der Waals surface area contributed by atoms with Crippen molar-refractivity contribution in [2.45, 2.75) is 6.42 Å². The van der Waals surface area contributed by atoms with E-state index in [1.54, 1.807) is 29.8 Å². The summed E-state index contributed by atoms with van der Waals surface area (Å²) in [6.07, 6.45) is 2.82. The molecule has 0 spiro atoms. The third-order valence-corrected chi connectivity index (χ3v) is 4.16. The van der Waals surface area contributed by atoms with Crippen LogP contribution in [-0.4, -0.2) is 35.4 Å². The maximum absolute atomic E-state index is 12.2. The largest absolute Gasteiger partial charge is 0.496 e. The Kier molecular flexibility index (Phi) is 3.29. The van der Waals surface area contributed by atoms with Crippen LogP contribution >= 0.6 is 11.8 Å². The summed E-state index contributed by atoms with van der Waals surface area (Å²) >= 11 is 1.64. The smallest absolute Gasteiger partial charge is 0.278 e. The minimum Gasteiger partial charge on any atom is -0.496 e. The molecule has 1 amide bonds. The Hall–Kier alpha value is -1.75. The van der Waals surface area contributed by atoms with Gasteiger partial charge in [0.05, 0.1) is 7.11 Å². The van der Waals surface area contributed by atoms with Crippen LogP contribution in [0.2, 0.25) is 0 Å². The predicted molar refractivity (Wildman–Crippen MR) is 77.2 cm³/mol. The molecule has 0 unspecified atom stereocenters. The second kappa shape index (κ2) is 5.09. The van der Waals surface area contributed by atoms with Gasteiger partial charge in [-0.25, -0.2) is 4.99 Å². The van der Waals surface area contributed by atoms with Gasteiger partial charge >= 0.3 is 0 Å². The normalized spacial score (nSPS) is 20.5. The first-order valence-electron chi connectivity index (χ1n) is 6.17. The quantitative estimate of drug-likeness (QED) is 0.778. The highest BCUT2D eigenvalue weighted by atomic mass is 32.2. The van der Waals surface area contributed by atoms with E-state index in [1.807, 2.05) is 24.3 Å². The molecule has 0 radical (unpaired) electrons. The van der Waals surface area contributed by atoms with E-state index in [9.17, 15) is 4.79 Å². The number of rotatable bonds is 2.